The normalized spacial score (nSPS) is 13.2. The number of rotatable bonds is 4. The molecule has 1 aromatic carbocycles. The molecule has 0 aliphatic carbocycles. The first-order valence-corrected chi connectivity index (χ1v) is 7.02. The molecule has 0 bridgehead atoms. The molecule has 4 nitrogen and oxygen atoms in total. The lowest BCUT2D eigenvalue weighted by atomic mass is 9.98. The van der Waals surface area contributed by atoms with E-state index in [1.807, 2.05) is 12.1 Å². The molecule has 3 aromatic rings. The summed E-state index contributed by atoms with van der Waals surface area (Å²) >= 11 is 0. The summed E-state index contributed by atoms with van der Waals surface area (Å²) in [6.07, 6.45) is 4.30. The van der Waals surface area contributed by atoms with Gasteiger partial charge in [0.1, 0.15) is 5.82 Å². The Morgan fingerprint density at radius 2 is 2.10 bits per heavy atom. The summed E-state index contributed by atoms with van der Waals surface area (Å²) in [5.74, 6) is 2.95. The highest BCUT2D eigenvalue weighted by Crippen LogP contribution is 2.26. The smallest absolute Gasteiger partial charge is 0.181 e. The van der Waals surface area contributed by atoms with Crippen molar-refractivity contribution in [3.05, 3.63) is 36.6 Å². The van der Waals surface area contributed by atoms with Crippen molar-refractivity contribution in [3.63, 3.8) is 0 Å². The first-order chi connectivity index (χ1) is 9.63. The van der Waals surface area contributed by atoms with Gasteiger partial charge in [-0.05, 0) is 30.5 Å². The number of aromatic amines is 1. The van der Waals surface area contributed by atoms with Crippen LogP contribution in [0.25, 0.3) is 22.4 Å². The number of hydrogen-bond donors (Lipinski definition) is 1. The summed E-state index contributed by atoms with van der Waals surface area (Å²) in [6.45, 7) is 6.69. The summed E-state index contributed by atoms with van der Waals surface area (Å²) in [4.78, 5) is 12.1. The molecule has 3 rings (SSSR count). The third kappa shape index (κ3) is 2.46. The van der Waals surface area contributed by atoms with Gasteiger partial charge >= 0.3 is 0 Å². The van der Waals surface area contributed by atoms with Crippen LogP contribution in [0.2, 0.25) is 0 Å². The Balaban J connectivity index is 1.95. The van der Waals surface area contributed by atoms with Crippen molar-refractivity contribution in [2.45, 2.75) is 33.1 Å². The number of nitrogens with zero attached hydrogens (tertiary/aromatic N) is 2. The van der Waals surface area contributed by atoms with Crippen LogP contribution in [0.1, 0.15) is 38.9 Å². The lowest BCUT2D eigenvalue weighted by Crippen LogP contribution is -2.00. The van der Waals surface area contributed by atoms with E-state index in [1.54, 1.807) is 6.20 Å². The molecule has 2 heterocycles. The fourth-order valence-electron chi connectivity index (χ4n) is 2.59. The van der Waals surface area contributed by atoms with Gasteiger partial charge in [0.05, 0.1) is 17.2 Å². The van der Waals surface area contributed by atoms with Crippen LogP contribution < -0.4 is 0 Å². The molecule has 0 amide bonds. The molecule has 4 heteroatoms. The van der Waals surface area contributed by atoms with Crippen LogP contribution in [0.4, 0.5) is 0 Å². The average Bonchev–Trinajstić information content (AvgIpc) is 3.06. The molecular formula is C16H19N3O. The highest BCUT2D eigenvalue weighted by molar-refractivity contribution is 5.80. The third-order valence-corrected chi connectivity index (χ3v) is 3.51. The van der Waals surface area contributed by atoms with Gasteiger partial charge in [0.25, 0.3) is 0 Å². The minimum Gasteiger partial charge on any atom is -0.444 e. The number of oxazole rings is 1. The third-order valence-electron chi connectivity index (χ3n) is 3.51. The molecule has 0 saturated carbocycles. The second-order valence-electron chi connectivity index (χ2n) is 5.75. The second kappa shape index (κ2) is 5.12. The van der Waals surface area contributed by atoms with E-state index in [0.29, 0.717) is 11.8 Å². The first-order valence-electron chi connectivity index (χ1n) is 7.02. The molecule has 1 atom stereocenters. The topological polar surface area (TPSA) is 54.7 Å². The molecular weight excluding hydrogens is 250 g/mol. The minimum absolute atomic E-state index is 0.441. The largest absolute Gasteiger partial charge is 0.444 e. The highest BCUT2D eigenvalue weighted by Gasteiger charge is 2.13. The van der Waals surface area contributed by atoms with Gasteiger partial charge in [0.2, 0.25) is 0 Å². The number of imidazole rings is 1. The minimum atomic E-state index is 0.441. The number of fused-ring (bicyclic) bond motifs is 1. The standard InChI is InChI=1S/C16H19N3O/c1-10(2)6-11(3)16-18-13-5-4-12(7-14(13)19-16)15-8-17-9-20-15/h4-5,7-11H,6H2,1-3H3,(H,18,19)/t11-/m1/s1. The van der Waals surface area contributed by atoms with Crippen molar-refractivity contribution in [2.24, 2.45) is 5.92 Å². The molecule has 104 valence electrons. The van der Waals surface area contributed by atoms with Crippen LogP contribution in [0.3, 0.4) is 0 Å². The van der Waals surface area contributed by atoms with Gasteiger partial charge in [-0.15, -0.1) is 0 Å². The van der Waals surface area contributed by atoms with Crippen LogP contribution in [-0.4, -0.2) is 15.0 Å². The van der Waals surface area contributed by atoms with Gasteiger partial charge in [-0.1, -0.05) is 20.8 Å². The van der Waals surface area contributed by atoms with Crippen molar-refractivity contribution in [1.29, 1.82) is 0 Å². The number of hydrogen-bond acceptors (Lipinski definition) is 3. The molecule has 0 aliphatic heterocycles. The molecule has 2 aromatic heterocycles. The van der Waals surface area contributed by atoms with Gasteiger partial charge in [-0.25, -0.2) is 9.97 Å². The van der Waals surface area contributed by atoms with Crippen molar-refractivity contribution >= 4 is 11.0 Å². The zero-order chi connectivity index (χ0) is 14.1. The Morgan fingerprint density at radius 3 is 2.80 bits per heavy atom. The molecule has 0 unspecified atom stereocenters. The number of H-pyrrole nitrogens is 1. The first kappa shape index (κ1) is 12.9. The molecule has 20 heavy (non-hydrogen) atoms. The summed E-state index contributed by atoms with van der Waals surface area (Å²) in [5.41, 5.74) is 3.06. The Kier molecular flexibility index (Phi) is 3.30. The van der Waals surface area contributed by atoms with Crippen molar-refractivity contribution < 1.29 is 4.42 Å². The van der Waals surface area contributed by atoms with Crippen LogP contribution in [0, 0.1) is 5.92 Å². The average molecular weight is 269 g/mol. The molecule has 0 aliphatic rings. The summed E-state index contributed by atoms with van der Waals surface area (Å²) in [6, 6.07) is 6.10. The van der Waals surface area contributed by atoms with Crippen molar-refractivity contribution in [2.75, 3.05) is 0 Å². The molecule has 0 fully saturated rings. The van der Waals surface area contributed by atoms with Crippen LogP contribution in [-0.2, 0) is 0 Å². The predicted octanol–water partition coefficient (Wildman–Crippen LogP) is 4.37. The molecule has 1 N–H and O–H groups in total. The van der Waals surface area contributed by atoms with E-state index in [1.165, 1.54) is 6.39 Å². The van der Waals surface area contributed by atoms with E-state index in [4.69, 9.17) is 4.42 Å². The van der Waals surface area contributed by atoms with E-state index >= 15 is 0 Å². The van der Waals surface area contributed by atoms with Crippen LogP contribution >= 0.6 is 0 Å². The molecule has 0 saturated heterocycles. The van der Waals surface area contributed by atoms with Gasteiger partial charge in [-0.3, -0.25) is 0 Å². The van der Waals surface area contributed by atoms with E-state index in [2.05, 4.69) is 41.8 Å². The van der Waals surface area contributed by atoms with Gasteiger partial charge in [0, 0.05) is 11.5 Å². The zero-order valence-corrected chi connectivity index (χ0v) is 12.1. The lowest BCUT2D eigenvalue weighted by molar-refractivity contribution is 0.511. The van der Waals surface area contributed by atoms with E-state index in [0.717, 1.165) is 34.6 Å². The Bertz CT molecular complexity index is 698. The van der Waals surface area contributed by atoms with Gasteiger partial charge in [0.15, 0.2) is 12.2 Å². The van der Waals surface area contributed by atoms with E-state index in [9.17, 15) is 0 Å². The fourth-order valence-corrected chi connectivity index (χ4v) is 2.59. The van der Waals surface area contributed by atoms with Crippen LogP contribution in [0.15, 0.2) is 35.2 Å². The predicted molar refractivity (Wildman–Crippen MR) is 79.5 cm³/mol. The SMILES string of the molecule is CC(C)C[C@@H](C)c1nc2ccc(-c3cnco3)cc2[nH]1. The molecule has 0 radical (unpaired) electrons. The van der Waals surface area contributed by atoms with Crippen LogP contribution in [0.5, 0.6) is 0 Å². The maximum Gasteiger partial charge on any atom is 0.181 e. The van der Waals surface area contributed by atoms with E-state index in [-0.39, 0.29) is 0 Å². The highest BCUT2D eigenvalue weighted by atomic mass is 16.3. The lowest BCUT2D eigenvalue weighted by Gasteiger charge is -2.10. The Hall–Kier alpha value is -2.10. The second-order valence-corrected chi connectivity index (χ2v) is 5.75. The number of benzene rings is 1. The quantitative estimate of drug-likeness (QED) is 0.765. The number of aromatic nitrogens is 3. The van der Waals surface area contributed by atoms with Gasteiger partial charge in [-0.2, -0.15) is 0 Å². The molecule has 0 spiro atoms. The summed E-state index contributed by atoms with van der Waals surface area (Å²) < 4.78 is 5.33. The number of nitrogens with one attached hydrogen (secondary N) is 1. The Labute approximate surface area is 118 Å². The maximum atomic E-state index is 5.33. The maximum absolute atomic E-state index is 5.33. The van der Waals surface area contributed by atoms with Gasteiger partial charge < -0.3 is 9.40 Å². The fraction of sp³-hybridized carbons (Fsp3) is 0.375. The summed E-state index contributed by atoms with van der Waals surface area (Å²) in [7, 11) is 0. The summed E-state index contributed by atoms with van der Waals surface area (Å²) in [5, 5.41) is 0. The zero-order valence-electron chi connectivity index (χ0n) is 12.1. The van der Waals surface area contributed by atoms with E-state index < -0.39 is 0 Å². The van der Waals surface area contributed by atoms with Crippen molar-refractivity contribution in [3.8, 4) is 11.3 Å². The van der Waals surface area contributed by atoms with Crippen molar-refractivity contribution in [1.82, 2.24) is 15.0 Å². The Morgan fingerprint density at radius 1 is 1.25 bits per heavy atom. The monoisotopic (exact) mass is 269 g/mol.